The van der Waals surface area contributed by atoms with Crippen LogP contribution in [0.1, 0.15) is 10.4 Å². The molecule has 1 saturated heterocycles. The lowest BCUT2D eigenvalue weighted by Crippen LogP contribution is -2.56. The van der Waals surface area contributed by atoms with Gasteiger partial charge in [-0.2, -0.15) is 0 Å². The molecule has 1 aromatic carbocycles. The molecule has 2 rings (SSSR count). The van der Waals surface area contributed by atoms with E-state index >= 15 is 0 Å². The number of ether oxygens (including phenoxy) is 3. The zero-order chi connectivity index (χ0) is 18.4. The van der Waals surface area contributed by atoms with Crippen molar-refractivity contribution in [1.82, 2.24) is 9.80 Å². The fourth-order valence-electron chi connectivity index (χ4n) is 2.69. The lowest BCUT2D eigenvalue weighted by atomic mass is 10.0. The maximum atomic E-state index is 12.7. The molecule has 0 radical (unpaired) electrons. The van der Waals surface area contributed by atoms with Gasteiger partial charge in [0.05, 0.1) is 19.3 Å². The van der Waals surface area contributed by atoms with Crippen molar-refractivity contribution in [3.05, 3.63) is 29.8 Å². The van der Waals surface area contributed by atoms with Crippen molar-refractivity contribution in [3.8, 4) is 5.75 Å². The third-order valence-electron chi connectivity index (χ3n) is 4.37. The Morgan fingerprint density at radius 2 is 1.92 bits per heavy atom. The van der Waals surface area contributed by atoms with Crippen molar-refractivity contribution < 1.29 is 24.1 Å². The lowest BCUT2D eigenvalue weighted by Gasteiger charge is -2.38. The van der Waals surface area contributed by atoms with Gasteiger partial charge in [-0.3, -0.25) is 4.79 Å². The average molecular weight is 352 g/mol. The smallest absolute Gasteiger partial charge is 0.254 e. The molecule has 1 aromatic rings. The van der Waals surface area contributed by atoms with Gasteiger partial charge in [-0.1, -0.05) is 0 Å². The van der Waals surface area contributed by atoms with E-state index in [0.29, 0.717) is 18.8 Å². The molecular formula is C18H28N2O5. The first-order valence-electron chi connectivity index (χ1n) is 8.37. The number of carbonyl (C=O) groups is 1. The molecule has 7 nitrogen and oxygen atoms in total. The van der Waals surface area contributed by atoms with Gasteiger partial charge in [-0.25, -0.2) is 0 Å². The molecule has 140 valence electrons. The van der Waals surface area contributed by atoms with Crippen molar-refractivity contribution in [2.75, 3.05) is 54.6 Å². The molecule has 1 fully saturated rings. The molecule has 7 heteroatoms. The fourth-order valence-corrected chi connectivity index (χ4v) is 2.69. The number of rotatable bonds is 7. The van der Waals surface area contributed by atoms with E-state index in [0.717, 1.165) is 12.3 Å². The number of aliphatic hydroxyl groups is 1. The standard InChI is InChI=1S/C18H28N2O5/c1-19(2)9-10-25-14-7-5-13(6-8-14)18(22)20(3)15-11-24-12-16(23-4)17(15)21/h5-8,15-17,21H,9-12H2,1-4H3/t15-,16-,17+/m1/s1. The molecule has 1 amide bonds. The zero-order valence-electron chi connectivity index (χ0n) is 15.3. The quantitative estimate of drug-likeness (QED) is 0.769. The number of hydrogen-bond donors (Lipinski definition) is 1. The third kappa shape index (κ3) is 5.15. The van der Waals surface area contributed by atoms with E-state index in [1.54, 1.807) is 31.3 Å². The van der Waals surface area contributed by atoms with Crippen LogP contribution < -0.4 is 4.74 Å². The number of methoxy groups -OCH3 is 1. The van der Waals surface area contributed by atoms with Crippen LogP contribution in [0, 0.1) is 0 Å². The van der Waals surface area contributed by atoms with Gasteiger partial charge in [0.2, 0.25) is 0 Å². The van der Waals surface area contributed by atoms with Crippen LogP contribution in [-0.4, -0.2) is 93.7 Å². The van der Waals surface area contributed by atoms with E-state index in [1.807, 2.05) is 19.0 Å². The van der Waals surface area contributed by atoms with Gasteiger partial charge in [0, 0.05) is 26.3 Å². The summed E-state index contributed by atoms with van der Waals surface area (Å²) in [4.78, 5) is 16.2. The van der Waals surface area contributed by atoms with Crippen LogP contribution in [0.4, 0.5) is 0 Å². The molecule has 0 aliphatic carbocycles. The fraction of sp³-hybridized carbons (Fsp3) is 0.611. The molecule has 1 aliphatic rings. The van der Waals surface area contributed by atoms with Crippen LogP contribution in [0.2, 0.25) is 0 Å². The summed E-state index contributed by atoms with van der Waals surface area (Å²) in [7, 11) is 7.16. The minimum Gasteiger partial charge on any atom is -0.492 e. The van der Waals surface area contributed by atoms with E-state index in [2.05, 4.69) is 0 Å². The molecule has 1 aliphatic heterocycles. The molecular weight excluding hydrogens is 324 g/mol. The van der Waals surface area contributed by atoms with E-state index in [4.69, 9.17) is 14.2 Å². The Morgan fingerprint density at radius 1 is 1.24 bits per heavy atom. The average Bonchev–Trinajstić information content (AvgIpc) is 2.61. The van der Waals surface area contributed by atoms with Gasteiger partial charge in [0.1, 0.15) is 24.6 Å². The van der Waals surface area contributed by atoms with Crippen molar-refractivity contribution in [2.45, 2.75) is 18.2 Å². The topological polar surface area (TPSA) is 71.5 Å². The van der Waals surface area contributed by atoms with Gasteiger partial charge in [-0.05, 0) is 38.4 Å². The first kappa shape index (κ1) is 19.7. The van der Waals surface area contributed by atoms with Gasteiger partial charge in [0.25, 0.3) is 5.91 Å². The van der Waals surface area contributed by atoms with E-state index in [9.17, 15) is 9.90 Å². The maximum absolute atomic E-state index is 12.7. The lowest BCUT2D eigenvalue weighted by molar-refractivity contribution is -0.135. The van der Waals surface area contributed by atoms with Crippen LogP contribution in [0.3, 0.4) is 0 Å². The summed E-state index contributed by atoms with van der Waals surface area (Å²) in [5, 5.41) is 10.4. The van der Waals surface area contributed by atoms with E-state index in [1.165, 1.54) is 12.0 Å². The highest BCUT2D eigenvalue weighted by molar-refractivity contribution is 5.94. The number of likely N-dealkylation sites (N-methyl/N-ethyl adjacent to an activating group) is 2. The minimum atomic E-state index is -0.777. The SMILES string of the molecule is CO[C@@H]1COC[C@@H](N(C)C(=O)c2ccc(OCCN(C)C)cc2)[C@@H]1O. The monoisotopic (exact) mass is 352 g/mol. The Bertz CT molecular complexity index is 549. The van der Waals surface area contributed by atoms with Crippen molar-refractivity contribution in [1.29, 1.82) is 0 Å². The van der Waals surface area contributed by atoms with Gasteiger partial charge in [0.15, 0.2) is 0 Å². The number of hydrogen-bond acceptors (Lipinski definition) is 6. The molecule has 1 heterocycles. The molecule has 0 aromatic heterocycles. The molecule has 1 N–H and O–H groups in total. The zero-order valence-corrected chi connectivity index (χ0v) is 15.3. The summed E-state index contributed by atoms with van der Waals surface area (Å²) in [6.07, 6.45) is -1.21. The summed E-state index contributed by atoms with van der Waals surface area (Å²) in [6, 6.07) is 6.58. The number of carbonyl (C=O) groups excluding carboxylic acids is 1. The van der Waals surface area contributed by atoms with Crippen LogP contribution in [0.15, 0.2) is 24.3 Å². The highest BCUT2D eigenvalue weighted by Gasteiger charge is 2.37. The Hall–Kier alpha value is -1.67. The second-order valence-corrected chi connectivity index (χ2v) is 6.46. The predicted octanol–water partition coefficient (Wildman–Crippen LogP) is 0.474. The van der Waals surface area contributed by atoms with Crippen LogP contribution in [0.5, 0.6) is 5.75 Å². The molecule has 0 spiro atoms. The highest BCUT2D eigenvalue weighted by Crippen LogP contribution is 2.19. The summed E-state index contributed by atoms with van der Waals surface area (Å²) >= 11 is 0. The van der Waals surface area contributed by atoms with E-state index in [-0.39, 0.29) is 12.5 Å². The third-order valence-corrected chi connectivity index (χ3v) is 4.37. The Balaban J connectivity index is 1.97. The van der Waals surface area contributed by atoms with Crippen LogP contribution in [0.25, 0.3) is 0 Å². The number of benzene rings is 1. The summed E-state index contributed by atoms with van der Waals surface area (Å²) in [5.41, 5.74) is 0.536. The number of aliphatic hydroxyl groups excluding tert-OH is 1. The number of nitrogens with zero attached hydrogens (tertiary/aromatic N) is 2. The Labute approximate surface area is 149 Å². The minimum absolute atomic E-state index is 0.177. The van der Waals surface area contributed by atoms with E-state index < -0.39 is 18.2 Å². The summed E-state index contributed by atoms with van der Waals surface area (Å²) in [6.45, 7) is 2.03. The normalized spacial score (nSPS) is 23.5. The predicted molar refractivity (Wildman–Crippen MR) is 94.0 cm³/mol. The Morgan fingerprint density at radius 3 is 2.52 bits per heavy atom. The molecule has 25 heavy (non-hydrogen) atoms. The largest absolute Gasteiger partial charge is 0.492 e. The summed E-state index contributed by atoms with van der Waals surface area (Å²) in [5.74, 6) is 0.547. The molecule has 0 bridgehead atoms. The summed E-state index contributed by atoms with van der Waals surface area (Å²) < 4.78 is 16.3. The molecule has 0 saturated carbocycles. The van der Waals surface area contributed by atoms with Crippen LogP contribution >= 0.6 is 0 Å². The van der Waals surface area contributed by atoms with Crippen molar-refractivity contribution in [3.63, 3.8) is 0 Å². The number of amides is 1. The van der Waals surface area contributed by atoms with Crippen LogP contribution in [-0.2, 0) is 9.47 Å². The van der Waals surface area contributed by atoms with Gasteiger partial charge >= 0.3 is 0 Å². The van der Waals surface area contributed by atoms with Crippen molar-refractivity contribution >= 4 is 5.91 Å². The van der Waals surface area contributed by atoms with Crippen molar-refractivity contribution in [2.24, 2.45) is 0 Å². The maximum Gasteiger partial charge on any atom is 0.254 e. The highest BCUT2D eigenvalue weighted by atomic mass is 16.5. The molecule has 0 unspecified atom stereocenters. The molecule has 3 atom stereocenters. The van der Waals surface area contributed by atoms with Gasteiger partial charge < -0.3 is 29.1 Å². The second-order valence-electron chi connectivity index (χ2n) is 6.46. The second kappa shape index (κ2) is 9.15. The Kier molecular flexibility index (Phi) is 7.19. The first-order valence-corrected chi connectivity index (χ1v) is 8.37. The van der Waals surface area contributed by atoms with Gasteiger partial charge in [-0.15, -0.1) is 0 Å². The first-order chi connectivity index (χ1) is 11.9.